The van der Waals surface area contributed by atoms with Crippen molar-refractivity contribution in [3.05, 3.63) is 35.5 Å². The molecule has 0 aliphatic carbocycles. The first-order valence-corrected chi connectivity index (χ1v) is 7.54. The van der Waals surface area contributed by atoms with E-state index in [2.05, 4.69) is 24.1 Å². The van der Waals surface area contributed by atoms with Crippen LogP contribution >= 0.6 is 0 Å². The number of amides is 1. The largest absolute Gasteiger partial charge is 0.361 e. The lowest BCUT2D eigenvalue weighted by molar-refractivity contribution is -0.129. The number of aromatic nitrogens is 3. The Bertz CT molecular complexity index is 686. The van der Waals surface area contributed by atoms with E-state index in [1.54, 1.807) is 0 Å². The van der Waals surface area contributed by atoms with Crippen LogP contribution in [-0.2, 0) is 18.3 Å². The van der Waals surface area contributed by atoms with Crippen molar-refractivity contribution < 1.29 is 9.32 Å². The van der Waals surface area contributed by atoms with Crippen molar-refractivity contribution in [3.8, 4) is 0 Å². The number of aryl methyl sites for hydroxylation is 2. The molecule has 3 heterocycles. The molecule has 1 fully saturated rings. The Morgan fingerprint density at radius 1 is 1.50 bits per heavy atom. The highest BCUT2D eigenvalue weighted by atomic mass is 16.5. The first-order valence-electron chi connectivity index (χ1n) is 7.54. The number of nitrogens with zero attached hydrogens (tertiary/aromatic N) is 4. The fraction of sp³-hybridized carbons (Fsp3) is 0.562. The summed E-state index contributed by atoms with van der Waals surface area (Å²) < 4.78 is 6.84. The topological polar surface area (TPSA) is 64.2 Å². The Kier molecular flexibility index (Phi) is 3.54. The van der Waals surface area contributed by atoms with Crippen LogP contribution in [0.15, 0.2) is 23.0 Å². The molecule has 3 rings (SSSR count). The van der Waals surface area contributed by atoms with Gasteiger partial charge in [-0.05, 0) is 17.9 Å². The van der Waals surface area contributed by atoms with Crippen LogP contribution in [0.2, 0.25) is 0 Å². The van der Waals surface area contributed by atoms with Crippen molar-refractivity contribution in [2.75, 3.05) is 13.1 Å². The standard InChI is InChI=1S/C16H22N4O2/c1-11-5-13(18-22-11)6-15(21)20-9-14(16(2,3)10-20)12-7-17-19(4)8-12/h5,7-8,14H,6,9-10H2,1-4H3. The van der Waals surface area contributed by atoms with E-state index in [0.717, 1.165) is 18.8 Å². The molecule has 0 spiro atoms. The molecule has 1 aliphatic rings. The van der Waals surface area contributed by atoms with Gasteiger partial charge < -0.3 is 9.42 Å². The third-order valence-corrected chi connectivity index (χ3v) is 4.43. The predicted octanol–water partition coefficient (Wildman–Crippen LogP) is 1.91. The van der Waals surface area contributed by atoms with E-state index < -0.39 is 0 Å². The molecule has 0 aromatic carbocycles. The van der Waals surface area contributed by atoms with E-state index in [0.29, 0.717) is 18.0 Å². The lowest BCUT2D eigenvalue weighted by Crippen LogP contribution is -2.31. The number of carbonyl (C=O) groups excluding carboxylic acids is 1. The minimum absolute atomic E-state index is 0.0401. The molecule has 22 heavy (non-hydrogen) atoms. The van der Waals surface area contributed by atoms with Gasteiger partial charge in [-0.15, -0.1) is 0 Å². The number of carbonyl (C=O) groups is 1. The molecule has 2 aromatic heterocycles. The van der Waals surface area contributed by atoms with Crippen molar-refractivity contribution in [1.82, 2.24) is 19.8 Å². The van der Waals surface area contributed by atoms with Crippen LogP contribution in [0, 0.1) is 12.3 Å². The zero-order valence-corrected chi connectivity index (χ0v) is 13.5. The van der Waals surface area contributed by atoms with E-state index >= 15 is 0 Å². The molecule has 1 amide bonds. The van der Waals surface area contributed by atoms with E-state index in [-0.39, 0.29) is 11.3 Å². The van der Waals surface area contributed by atoms with E-state index in [9.17, 15) is 4.79 Å². The Morgan fingerprint density at radius 3 is 2.86 bits per heavy atom. The zero-order chi connectivity index (χ0) is 15.9. The minimum Gasteiger partial charge on any atom is -0.361 e. The zero-order valence-electron chi connectivity index (χ0n) is 13.5. The van der Waals surface area contributed by atoms with Crippen LogP contribution in [0.3, 0.4) is 0 Å². The number of hydrogen-bond acceptors (Lipinski definition) is 4. The first-order chi connectivity index (χ1) is 10.3. The van der Waals surface area contributed by atoms with Gasteiger partial charge >= 0.3 is 0 Å². The number of rotatable bonds is 3. The molecular weight excluding hydrogens is 280 g/mol. The molecule has 0 radical (unpaired) electrons. The van der Waals surface area contributed by atoms with Crippen LogP contribution in [0.4, 0.5) is 0 Å². The summed E-state index contributed by atoms with van der Waals surface area (Å²) in [6.07, 6.45) is 4.25. The maximum atomic E-state index is 12.5. The molecule has 118 valence electrons. The van der Waals surface area contributed by atoms with Gasteiger partial charge in [-0.25, -0.2) is 0 Å². The van der Waals surface area contributed by atoms with Gasteiger partial charge in [-0.1, -0.05) is 19.0 Å². The fourth-order valence-electron chi connectivity index (χ4n) is 3.27. The van der Waals surface area contributed by atoms with Crippen molar-refractivity contribution in [2.24, 2.45) is 12.5 Å². The van der Waals surface area contributed by atoms with Gasteiger partial charge in [0.1, 0.15) is 5.76 Å². The third kappa shape index (κ3) is 2.77. The molecular formula is C16H22N4O2. The lowest BCUT2D eigenvalue weighted by atomic mass is 9.79. The van der Waals surface area contributed by atoms with Crippen LogP contribution in [0.5, 0.6) is 0 Å². The van der Waals surface area contributed by atoms with Crippen LogP contribution in [0.25, 0.3) is 0 Å². The summed E-state index contributed by atoms with van der Waals surface area (Å²) in [5, 5.41) is 8.17. The summed E-state index contributed by atoms with van der Waals surface area (Å²) in [6, 6.07) is 1.82. The second-order valence-corrected chi connectivity index (χ2v) is 6.87. The minimum atomic E-state index is 0.0401. The molecule has 6 nitrogen and oxygen atoms in total. The molecule has 1 aliphatic heterocycles. The number of likely N-dealkylation sites (tertiary alicyclic amines) is 1. The summed E-state index contributed by atoms with van der Waals surface area (Å²) in [6.45, 7) is 7.73. The van der Waals surface area contributed by atoms with Crippen LogP contribution in [-0.4, -0.2) is 38.8 Å². The van der Waals surface area contributed by atoms with Crippen LogP contribution in [0.1, 0.15) is 36.8 Å². The van der Waals surface area contributed by atoms with Gasteiger partial charge in [0.15, 0.2) is 0 Å². The van der Waals surface area contributed by atoms with Gasteiger partial charge in [-0.3, -0.25) is 9.48 Å². The van der Waals surface area contributed by atoms with E-state index in [1.807, 2.05) is 42.0 Å². The van der Waals surface area contributed by atoms with E-state index in [1.165, 1.54) is 5.56 Å². The van der Waals surface area contributed by atoms with Crippen LogP contribution < -0.4 is 0 Å². The average molecular weight is 302 g/mol. The van der Waals surface area contributed by atoms with Gasteiger partial charge in [-0.2, -0.15) is 5.10 Å². The first kappa shape index (κ1) is 14.8. The molecule has 1 unspecified atom stereocenters. The highest BCUT2D eigenvalue weighted by molar-refractivity contribution is 5.79. The monoisotopic (exact) mass is 302 g/mol. The highest BCUT2D eigenvalue weighted by Crippen LogP contribution is 2.42. The van der Waals surface area contributed by atoms with Gasteiger partial charge in [0.05, 0.1) is 18.3 Å². The Balaban J connectivity index is 1.72. The summed E-state index contributed by atoms with van der Waals surface area (Å²) in [4.78, 5) is 14.4. The Morgan fingerprint density at radius 2 is 2.27 bits per heavy atom. The lowest BCUT2D eigenvalue weighted by Gasteiger charge is -2.24. The summed E-state index contributed by atoms with van der Waals surface area (Å²) in [7, 11) is 1.92. The van der Waals surface area contributed by atoms with E-state index in [4.69, 9.17) is 4.52 Å². The maximum Gasteiger partial charge on any atom is 0.228 e. The molecule has 6 heteroatoms. The Labute approximate surface area is 130 Å². The highest BCUT2D eigenvalue weighted by Gasteiger charge is 2.42. The molecule has 0 N–H and O–H groups in total. The molecule has 0 saturated carbocycles. The van der Waals surface area contributed by atoms with Crippen molar-refractivity contribution in [2.45, 2.75) is 33.1 Å². The maximum absolute atomic E-state index is 12.5. The normalized spacial score (nSPS) is 20.5. The van der Waals surface area contributed by atoms with Gasteiger partial charge in [0, 0.05) is 38.3 Å². The Hall–Kier alpha value is -2.11. The second-order valence-electron chi connectivity index (χ2n) is 6.87. The van der Waals surface area contributed by atoms with Gasteiger partial charge in [0.25, 0.3) is 0 Å². The van der Waals surface area contributed by atoms with Crippen molar-refractivity contribution >= 4 is 5.91 Å². The van der Waals surface area contributed by atoms with Crippen molar-refractivity contribution in [1.29, 1.82) is 0 Å². The number of hydrogen-bond donors (Lipinski definition) is 0. The second kappa shape index (κ2) is 5.26. The molecule has 0 bridgehead atoms. The SMILES string of the molecule is Cc1cc(CC(=O)N2CC(c3cnn(C)c3)C(C)(C)C2)no1. The third-order valence-electron chi connectivity index (χ3n) is 4.43. The smallest absolute Gasteiger partial charge is 0.228 e. The summed E-state index contributed by atoms with van der Waals surface area (Å²) >= 11 is 0. The summed E-state index contributed by atoms with van der Waals surface area (Å²) in [5.41, 5.74) is 1.93. The van der Waals surface area contributed by atoms with Gasteiger partial charge in [0.2, 0.25) is 5.91 Å². The summed E-state index contributed by atoms with van der Waals surface area (Å²) in [5.74, 6) is 1.15. The molecule has 1 atom stereocenters. The predicted molar refractivity (Wildman–Crippen MR) is 81.3 cm³/mol. The molecule has 2 aromatic rings. The fourth-order valence-corrected chi connectivity index (χ4v) is 3.27. The molecule has 1 saturated heterocycles. The quantitative estimate of drug-likeness (QED) is 0.869. The van der Waals surface area contributed by atoms with Crippen molar-refractivity contribution in [3.63, 3.8) is 0 Å². The average Bonchev–Trinajstić information content (AvgIpc) is 3.09.